The van der Waals surface area contributed by atoms with E-state index >= 15 is 0 Å². The van der Waals surface area contributed by atoms with Crippen LogP contribution in [0.3, 0.4) is 0 Å². The molecule has 7 heteroatoms. The van der Waals surface area contributed by atoms with Crippen molar-refractivity contribution in [2.45, 2.75) is 0 Å². The maximum Gasteiger partial charge on any atom is 0.292 e. The number of rotatable bonds is 3. The maximum absolute atomic E-state index is 12.6. The van der Waals surface area contributed by atoms with E-state index in [1.54, 1.807) is 6.20 Å². The Bertz CT molecular complexity index is 937. The number of nitrogens with one attached hydrogen (secondary N) is 1. The lowest BCUT2D eigenvalue weighted by molar-refractivity contribution is -0.364. The van der Waals surface area contributed by atoms with Crippen molar-refractivity contribution in [2.24, 2.45) is 0 Å². The van der Waals surface area contributed by atoms with Gasteiger partial charge in [-0.25, -0.2) is 4.98 Å². The van der Waals surface area contributed by atoms with Gasteiger partial charge in [-0.3, -0.25) is 9.69 Å². The zero-order valence-corrected chi connectivity index (χ0v) is 14.9. The van der Waals surface area contributed by atoms with Crippen molar-refractivity contribution in [1.82, 2.24) is 9.78 Å². The normalized spacial score (nSPS) is 14.5. The molecule has 132 valence electrons. The number of aromatic amines is 1. The largest absolute Gasteiger partial charge is 0.361 e. The zero-order chi connectivity index (χ0) is 17.9. The number of H-pyrrole nitrogens is 1. The van der Waals surface area contributed by atoms with Crippen LogP contribution in [-0.2, 0) is 0 Å². The highest BCUT2D eigenvalue weighted by Gasteiger charge is 2.25. The van der Waals surface area contributed by atoms with Crippen molar-refractivity contribution >= 4 is 23.1 Å². The summed E-state index contributed by atoms with van der Waals surface area (Å²) in [6, 6.07) is 15.3. The molecule has 0 bridgehead atoms. The molecule has 0 saturated carbocycles. The predicted octanol–water partition coefficient (Wildman–Crippen LogP) is 2.03. The Morgan fingerprint density at radius 3 is 2.31 bits per heavy atom. The van der Waals surface area contributed by atoms with Gasteiger partial charge in [0.15, 0.2) is 0 Å². The number of aromatic nitrogens is 3. The standard InChI is InChI=1S/C19H18ClN5O/c20-18-16(14-22-25(19(18)26)15-6-2-1-3-7-15)23-10-12-24(13-11-23)17-8-4-5-9-21-17/h1-9,14H,10-13H2/p+1. The first-order chi connectivity index (χ1) is 12.7. The molecule has 0 amide bonds. The number of para-hydroxylation sites is 1. The molecule has 26 heavy (non-hydrogen) atoms. The minimum atomic E-state index is -0.297. The predicted molar refractivity (Wildman–Crippen MR) is 102 cm³/mol. The van der Waals surface area contributed by atoms with Crippen molar-refractivity contribution < 1.29 is 4.98 Å². The van der Waals surface area contributed by atoms with Gasteiger partial charge in [-0.15, -0.1) is 0 Å². The van der Waals surface area contributed by atoms with E-state index in [0.717, 1.165) is 32.0 Å². The Kier molecular flexibility index (Phi) is 4.58. The van der Waals surface area contributed by atoms with Crippen LogP contribution >= 0.6 is 11.6 Å². The molecule has 1 aliphatic rings. The summed E-state index contributed by atoms with van der Waals surface area (Å²) in [5, 5.41) is 4.53. The smallest absolute Gasteiger partial charge is 0.292 e. The Labute approximate surface area is 156 Å². The molecule has 3 heterocycles. The first-order valence-electron chi connectivity index (χ1n) is 8.54. The van der Waals surface area contributed by atoms with Gasteiger partial charge in [-0.2, -0.15) is 9.78 Å². The molecule has 0 atom stereocenters. The summed E-state index contributed by atoms with van der Waals surface area (Å²) in [6.07, 6.45) is 3.60. The summed E-state index contributed by atoms with van der Waals surface area (Å²) in [4.78, 5) is 20.3. The number of nitrogens with zero attached hydrogens (tertiary/aromatic N) is 4. The van der Waals surface area contributed by atoms with Crippen molar-refractivity contribution in [2.75, 3.05) is 36.0 Å². The first-order valence-corrected chi connectivity index (χ1v) is 8.92. The zero-order valence-electron chi connectivity index (χ0n) is 14.2. The third-order valence-corrected chi connectivity index (χ3v) is 4.91. The molecule has 6 nitrogen and oxygen atoms in total. The second-order valence-electron chi connectivity index (χ2n) is 6.12. The highest BCUT2D eigenvalue weighted by molar-refractivity contribution is 6.33. The number of hydrogen-bond acceptors (Lipinski definition) is 4. The van der Waals surface area contributed by atoms with E-state index < -0.39 is 0 Å². The molecule has 4 rings (SSSR count). The van der Waals surface area contributed by atoms with Gasteiger partial charge in [-0.05, 0) is 18.2 Å². The monoisotopic (exact) mass is 368 g/mol. The Morgan fingerprint density at radius 2 is 1.62 bits per heavy atom. The SMILES string of the molecule is O=c1c(Cl)c(N2CCN(c3cccc[nH+]3)CC2)cnn1-c1ccccc1. The van der Waals surface area contributed by atoms with E-state index in [1.807, 2.05) is 48.7 Å². The fourth-order valence-corrected chi connectivity index (χ4v) is 3.41. The number of benzene rings is 1. The maximum atomic E-state index is 12.6. The molecule has 0 radical (unpaired) electrons. The fourth-order valence-electron chi connectivity index (χ4n) is 3.17. The minimum absolute atomic E-state index is 0.212. The summed E-state index contributed by atoms with van der Waals surface area (Å²) >= 11 is 6.40. The lowest BCUT2D eigenvalue weighted by Crippen LogP contribution is -2.48. The number of piperazine rings is 1. The molecule has 2 aromatic heterocycles. The number of halogens is 1. The molecule has 0 aliphatic carbocycles. The van der Waals surface area contributed by atoms with Crippen LogP contribution < -0.4 is 20.3 Å². The Hall–Kier alpha value is -2.86. The van der Waals surface area contributed by atoms with Gasteiger partial charge >= 0.3 is 0 Å². The molecule has 1 aliphatic heterocycles. The Balaban J connectivity index is 1.54. The lowest BCUT2D eigenvalue weighted by Gasteiger charge is -2.32. The molecule has 1 saturated heterocycles. The van der Waals surface area contributed by atoms with Crippen molar-refractivity contribution in [3.05, 3.63) is 76.3 Å². The summed E-state index contributed by atoms with van der Waals surface area (Å²) in [6.45, 7) is 3.25. The van der Waals surface area contributed by atoms with Crippen molar-refractivity contribution in [3.8, 4) is 5.69 Å². The second kappa shape index (κ2) is 7.17. The number of anilines is 2. The van der Waals surface area contributed by atoms with E-state index in [9.17, 15) is 4.79 Å². The molecule has 1 fully saturated rings. The molecular weight excluding hydrogens is 350 g/mol. The van der Waals surface area contributed by atoms with Crippen LogP contribution in [0.25, 0.3) is 5.69 Å². The first kappa shape index (κ1) is 16.6. The molecule has 3 aromatic rings. The van der Waals surface area contributed by atoms with E-state index in [2.05, 4.69) is 25.9 Å². The van der Waals surface area contributed by atoms with Gasteiger partial charge in [0.25, 0.3) is 11.4 Å². The quantitative estimate of drug-likeness (QED) is 0.709. The third kappa shape index (κ3) is 3.15. The van der Waals surface area contributed by atoms with Crippen LogP contribution in [0, 0.1) is 0 Å². The van der Waals surface area contributed by atoms with Crippen LogP contribution in [0.4, 0.5) is 11.5 Å². The fraction of sp³-hybridized carbons (Fsp3) is 0.211. The molecule has 1 N–H and O–H groups in total. The van der Waals surface area contributed by atoms with Gasteiger partial charge in [0.2, 0.25) is 0 Å². The highest BCUT2D eigenvalue weighted by atomic mass is 35.5. The Morgan fingerprint density at radius 1 is 0.923 bits per heavy atom. The number of pyridine rings is 1. The van der Waals surface area contributed by atoms with Crippen LogP contribution in [-0.4, -0.2) is 36.0 Å². The van der Waals surface area contributed by atoms with E-state index in [4.69, 9.17) is 11.6 Å². The topological polar surface area (TPSA) is 55.5 Å². The van der Waals surface area contributed by atoms with E-state index in [0.29, 0.717) is 11.4 Å². The van der Waals surface area contributed by atoms with Crippen LogP contribution in [0.1, 0.15) is 0 Å². The van der Waals surface area contributed by atoms with E-state index in [-0.39, 0.29) is 10.6 Å². The minimum Gasteiger partial charge on any atom is -0.361 e. The van der Waals surface area contributed by atoms with Crippen molar-refractivity contribution in [1.29, 1.82) is 0 Å². The molecule has 0 unspecified atom stereocenters. The van der Waals surface area contributed by atoms with Crippen molar-refractivity contribution in [3.63, 3.8) is 0 Å². The molecule has 1 aromatic carbocycles. The van der Waals surface area contributed by atoms with Gasteiger partial charge in [0, 0.05) is 6.07 Å². The summed E-state index contributed by atoms with van der Waals surface area (Å²) in [7, 11) is 0. The third-order valence-electron chi connectivity index (χ3n) is 4.55. The van der Waals surface area contributed by atoms with Crippen LogP contribution in [0.15, 0.2) is 65.7 Å². The van der Waals surface area contributed by atoms with Crippen LogP contribution in [0.5, 0.6) is 0 Å². The van der Waals surface area contributed by atoms with Crippen LogP contribution in [0.2, 0.25) is 5.02 Å². The molecule has 0 spiro atoms. The van der Waals surface area contributed by atoms with Gasteiger partial charge in [0.1, 0.15) is 18.1 Å². The average molecular weight is 369 g/mol. The summed E-state index contributed by atoms with van der Waals surface area (Å²) in [5.74, 6) is 1.09. The summed E-state index contributed by atoms with van der Waals surface area (Å²) < 4.78 is 1.33. The van der Waals surface area contributed by atoms with Gasteiger partial charge in [0.05, 0.1) is 36.9 Å². The van der Waals surface area contributed by atoms with E-state index in [1.165, 1.54) is 4.68 Å². The molecular formula is C19H19ClN5O+. The van der Waals surface area contributed by atoms with Gasteiger partial charge in [-0.1, -0.05) is 35.9 Å². The second-order valence-corrected chi connectivity index (χ2v) is 6.50. The summed E-state index contributed by atoms with van der Waals surface area (Å²) in [5.41, 5.74) is 1.10. The lowest BCUT2D eigenvalue weighted by atomic mass is 10.2. The van der Waals surface area contributed by atoms with Gasteiger partial charge < -0.3 is 4.90 Å². The average Bonchev–Trinajstić information content (AvgIpc) is 2.71. The highest BCUT2D eigenvalue weighted by Crippen LogP contribution is 2.23. The number of hydrogen-bond donors (Lipinski definition) is 0.